The maximum Gasteiger partial charge on any atom is 0.416 e. The fourth-order valence-electron chi connectivity index (χ4n) is 3.87. The van der Waals surface area contributed by atoms with E-state index in [2.05, 4.69) is 4.90 Å². The van der Waals surface area contributed by atoms with Gasteiger partial charge in [-0.2, -0.15) is 13.2 Å². The molecule has 1 aliphatic heterocycles. The lowest BCUT2D eigenvalue weighted by atomic mass is 9.80. The van der Waals surface area contributed by atoms with Gasteiger partial charge >= 0.3 is 6.18 Å². The van der Waals surface area contributed by atoms with E-state index in [1.807, 2.05) is 6.07 Å². The van der Waals surface area contributed by atoms with Gasteiger partial charge in [0.25, 0.3) is 0 Å². The summed E-state index contributed by atoms with van der Waals surface area (Å²) in [6, 6.07) is 6.52. The molecule has 0 bridgehead atoms. The van der Waals surface area contributed by atoms with E-state index in [9.17, 15) is 13.2 Å². The van der Waals surface area contributed by atoms with E-state index in [0.717, 1.165) is 24.8 Å². The zero-order valence-corrected chi connectivity index (χ0v) is 12.2. The molecule has 1 aromatic rings. The topological polar surface area (TPSA) is 3.24 Å². The van der Waals surface area contributed by atoms with Crippen LogP contribution in [0.3, 0.4) is 0 Å². The zero-order chi connectivity index (χ0) is 14.9. The Balaban J connectivity index is 1.74. The van der Waals surface area contributed by atoms with Crippen LogP contribution >= 0.6 is 0 Å². The number of alkyl halides is 3. The largest absolute Gasteiger partial charge is 0.416 e. The minimum atomic E-state index is -4.24. The lowest BCUT2D eigenvalue weighted by molar-refractivity contribution is -0.137. The molecule has 0 unspecified atom stereocenters. The van der Waals surface area contributed by atoms with E-state index in [1.165, 1.54) is 44.5 Å². The van der Waals surface area contributed by atoms with Crippen LogP contribution < -0.4 is 0 Å². The molecule has 1 saturated carbocycles. The first kappa shape index (κ1) is 14.9. The van der Waals surface area contributed by atoms with Gasteiger partial charge in [-0.15, -0.1) is 0 Å². The van der Waals surface area contributed by atoms with Crippen molar-refractivity contribution in [1.82, 2.24) is 4.90 Å². The molecule has 2 atom stereocenters. The molecule has 2 aliphatic rings. The zero-order valence-electron chi connectivity index (χ0n) is 12.2. The van der Waals surface area contributed by atoms with Crippen molar-refractivity contribution in [1.29, 1.82) is 0 Å². The maximum absolute atomic E-state index is 12.8. The van der Waals surface area contributed by atoms with Crippen molar-refractivity contribution in [3.63, 3.8) is 0 Å². The van der Waals surface area contributed by atoms with E-state index < -0.39 is 11.7 Å². The standard InChI is InChI=1S/C17H22F3N/c18-17(19,20)15-7-3-5-13(11-15)14-6-4-8-16(12-14)21-9-1-2-10-21/h3,5,7,11,14,16H,1-2,4,6,8-10,12H2/t14-,16+/m0/s1. The van der Waals surface area contributed by atoms with Gasteiger partial charge in [-0.3, -0.25) is 0 Å². The number of benzene rings is 1. The van der Waals surface area contributed by atoms with Crippen LogP contribution in [-0.4, -0.2) is 24.0 Å². The smallest absolute Gasteiger partial charge is 0.300 e. The van der Waals surface area contributed by atoms with Crippen LogP contribution in [0.1, 0.15) is 55.6 Å². The minimum Gasteiger partial charge on any atom is -0.300 e. The predicted octanol–water partition coefficient (Wildman–Crippen LogP) is 4.83. The van der Waals surface area contributed by atoms with Gasteiger partial charge in [-0.1, -0.05) is 24.6 Å². The van der Waals surface area contributed by atoms with Gasteiger partial charge in [0.2, 0.25) is 0 Å². The molecule has 0 spiro atoms. The van der Waals surface area contributed by atoms with Crippen molar-refractivity contribution in [2.75, 3.05) is 13.1 Å². The van der Waals surface area contributed by atoms with E-state index in [4.69, 9.17) is 0 Å². The van der Waals surface area contributed by atoms with Crippen LogP contribution in [-0.2, 0) is 6.18 Å². The van der Waals surface area contributed by atoms with E-state index >= 15 is 0 Å². The van der Waals surface area contributed by atoms with E-state index in [0.29, 0.717) is 6.04 Å². The Hall–Kier alpha value is -1.03. The third-order valence-corrected chi connectivity index (χ3v) is 4.99. The molecule has 2 fully saturated rings. The summed E-state index contributed by atoms with van der Waals surface area (Å²) >= 11 is 0. The SMILES string of the molecule is FC(F)(F)c1cccc([C@H]2CCC[C@@H](N3CCCC3)C2)c1. The summed E-state index contributed by atoms with van der Waals surface area (Å²) < 4.78 is 38.5. The van der Waals surface area contributed by atoms with Crippen LogP contribution in [0.15, 0.2) is 24.3 Å². The Labute approximate surface area is 124 Å². The summed E-state index contributed by atoms with van der Waals surface area (Å²) in [5.41, 5.74) is 0.358. The van der Waals surface area contributed by atoms with Crippen molar-refractivity contribution < 1.29 is 13.2 Å². The second-order valence-electron chi connectivity index (χ2n) is 6.38. The average Bonchev–Trinajstić information content (AvgIpc) is 3.01. The van der Waals surface area contributed by atoms with Gasteiger partial charge < -0.3 is 4.90 Å². The molecule has 116 valence electrons. The molecule has 1 heterocycles. The summed E-state index contributed by atoms with van der Waals surface area (Å²) in [5, 5.41) is 0. The van der Waals surface area contributed by atoms with Crippen molar-refractivity contribution in [2.45, 2.75) is 56.7 Å². The summed E-state index contributed by atoms with van der Waals surface area (Å²) in [5.74, 6) is 0.284. The highest BCUT2D eigenvalue weighted by atomic mass is 19.4. The summed E-state index contributed by atoms with van der Waals surface area (Å²) in [6.45, 7) is 2.33. The second-order valence-corrected chi connectivity index (χ2v) is 6.38. The third kappa shape index (κ3) is 3.42. The molecular formula is C17H22F3N. The van der Waals surface area contributed by atoms with Crippen LogP contribution in [0.4, 0.5) is 13.2 Å². The van der Waals surface area contributed by atoms with Crippen molar-refractivity contribution >= 4 is 0 Å². The lowest BCUT2D eigenvalue weighted by Gasteiger charge is -2.35. The molecule has 0 N–H and O–H groups in total. The number of hydrogen-bond donors (Lipinski definition) is 0. The number of halogens is 3. The molecule has 0 radical (unpaired) electrons. The van der Waals surface area contributed by atoms with Gasteiger partial charge in [0.05, 0.1) is 5.56 Å². The highest BCUT2D eigenvalue weighted by molar-refractivity contribution is 5.28. The molecule has 0 amide bonds. The van der Waals surface area contributed by atoms with Gasteiger partial charge in [0.1, 0.15) is 0 Å². The highest BCUT2D eigenvalue weighted by Gasteiger charge is 2.33. The van der Waals surface area contributed by atoms with Crippen LogP contribution in [0.25, 0.3) is 0 Å². The Morgan fingerprint density at radius 3 is 2.48 bits per heavy atom. The molecular weight excluding hydrogens is 275 g/mol. The first-order chi connectivity index (χ1) is 10.0. The van der Waals surface area contributed by atoms with Crippen LogP contribution in [0.5, 0.6) is 0 Å². The van der Waals surface area contributed by atoms with Crippen molar-refractivity contribution in [2.24, 2.45) is 0 Å². The lowest BCUT2D eigenvalue weighted by Crippen LogP contribution is -2.36. The van der Waals surface area contributed by atoms with E-state index in [1.54, 1.807) is 6.07 Å². The minimum absolute atomic E-state index is 0.284. The molecule has 21 heavy (non-hydrogen) atoms. The highest BCUT2D eigenvalue weighted by Crippen LogP contribution is 2.38. The van der Waals surface area contributed by atoms with Crippen molar-refractivity contribution in [3.05, 3.63) is 35.4 Å². The first-order valence-electron chi connectivity index (χ1n) is 7.95. The predicted molar refractivity (Wildman–Crippen MR) is 77.2 cm³/mol. The van der Waals surface area contributed by atoms with Gasteiger partial charge in [-0.05, 0) is 62.7 Å². The fraction of sp³-hybridized carbons (Fsp3) is 0.647. The maximum atomic E-state index is 12.8. The molecule has 1 nitrogen and oxygen atoms in total. The number of likely N-dealkylation sites (tertiary alicyclic amines) is 1. The quantitative estimate of drug-likeness (QED) is 0.756. The Morgan fingerprint density at radius 1 is 1.00 bits per heavy atom. The molecule has 0 aromatic heterocycles. The molecule has 1 aromatic carbocycles. The first-order valence-corrected chi connectivity index (χ1v) is 7.95. The normalized spacial score (nSPS) is 28.0. The van der Waals surface area contributed by atoms with Crippen molar-refractivity contribution in [3.8, 4) is 0 Å². The Bertz CT molecular complexity index is 477. The molecule has 4 heteroatoms. The Kier molecular flexibility index (Phi) is 4.25. The van der Waals surface area contributed by atoms with Gasteiger partial charge in [0, 0.05) is 6.04 Å². The van der Waals surface area contributed by atoms with Crippen LogP contribution in [0, 0.1) is 0 Å². The monoisotopic (exact) mass is 297 g/mol. The summed E-state index contributed by atoms with van der Waals surface area (Å²) in [4.78, 5) is 2.54. The summed E-state index contributed by atoms with van der Waals surface area (Å²) in [6.07, 6.45) is 2.67. The van der Waals surface area contributed by atoms with Crippen LogP contribution in [0.2, 0.25) is 0 Å². The van der Waals surface area contributed by atoms with E-state index in [-0.39, 0.29) is 5.92 Å². The van der Waals surface area contributed by atoms with Gasteiger partial charge in [-0.25, -0.2) is 0 Å². The molecule has 3 rings (SSSR count). The van der Waals surface area contributed by atoms with Gasteiger partial charge in [0.15, 0.2) is 0 Å². The third-order valence-electron chi connectivity index (χ3n) is 4.99. The molecule has 1 saturated heterocycles. The second kappa shape index (κ2) is 5.99. The fourth-order valence-corrected chi connectivity index (χ4v) is 3.87. The average molecular weight is 297 g/mol. The molecule has 1 aliphatic carbocycles. The number of hydrogen-bond acceptors (Lipinski definition) is 1. The number of nitrogens with zero attached hydrogens (tertiary/aromatic N) is 1. The Morgan fingerprint density at radius 2 is 1.76 bits per heavy atom. The summed E-state index contributed by atoms with van der Waals surface area (Å²) in [7, 11) is 0. The number of rotatable bonds is 2.